The Morgan fingerprint density at radius 2 is 1.50 bits per heavy atom. The second-order valence-corrected chi connectivity index (χ2v) is 10.9. The van der Waals surface area contributed by atoms with Gasteiger partial charge < -0.3 is 24.4 Å². The first-order valence-corrected chi connectivity index (χ1v) is 15.1. The number of benzene rings is 4. The average Bonchev–Trinajstić information content (AvgIpc) is 3.31. The number of hydrogen-bond acceptors (Lipinski definition) is 6. The normalized spacial score (nSPS) is 16.2. The number of nitrogens with zero attached hydrogens (tertiary/aromatic N) is 1. The third kappa shape index (κ3) is 4.85. The van der Waals surface area contributed by atoms with Gasteiger partial charge in [-0.3, -0.25) is 0 Å². The summed E-state index contributed by atoms with van der Waals surface area (Å²) in [6.45, 7) is 8.87. The smallest absolute Gasteiger partial charge is 0.340 e. The van der Waals surface area contributed by atoms with Crippen molar-refractivity contribution in [2.45, 2.75) is 52.1 Å². The largest absolute Gasteiger partial charge is 0.492 e. The van der Waals surface area contributed by atoms with Crippen molar-refractivity contribution in [3.05, 3.63) is 107 Å². The minimum atomic E-state index is -1.15. The lowest BCUT2D eigenvalue weighted by molar-refractivity contribution is 0.0224. The van der Waals surface area contributed by atoms with E-state index in [-0.39, 0.29) is 5.97 Å². The van der Waals surface area contributed by atoms with Gasteiger partial charge in [0.25, 0.3) is 0 Å². The molecule has 1 spiro atoms. The number of hydrogen-bond donors (Lipinski definition) is 1. The van der Waals surface area contributed by atoms with E-state index in [1.165, 1.54) is 0 Å². The van der Waals surface area contributed by atoms with Crippen molar-refractivity contribution in [2.75, 3.05) is 29.9 Å². The van der Waals surface area contributed by atoms with Gasteiger partial charge in [0.05, 0.1) is 17.9 Å². The number of ether oxygens (including phenoxy) is 3. The highest BCUT2D eigenvalue weighted by atomic mass is 16.6. The molecule has 1 N–H and O–H groups in total. The zero-order chi connectivity index (χ0) is 29.1. The van der Waals surface area contributed by atoms with E-state index in [1.54, 1.807) is 0 Å². The van der Waals surface area contributed by atoms with Crippen LogP contribution in [0.25, 0.3) is 0 Å². The third-order valence-corrected chi connectivity index (χ3v) is 8.08. The molecule has 6 rings (SSSR count). The fourth-order valence-electron chi connectivity index (χ4n) is 6.00. The number of carbonyl (C=O) groups is 1. The van der Waals surface area contributed by atoms with Gasteiger partial charge >= 0.3 is 5.97 Å². The molecule has 0 saturated carbocycles. The summed E-state index contributed by atoms with van der Waals surface area (Å²) in [6.07, 6.45) is 4.50. The van der Waals surface area contributed by atoms with E-state index in [2.05, 4.69) is 42.3 Å². The second-order valence-electron chi connectivity index (χ2n) is 10.9. The van der Waals surface area contributed by atoms with Gasteiger partial charge in [0.15, 0.2) is 5.60 Å². The van der Waals surface area contributed by atoms with E-state index in [0.29, 0.717) is 29.4 Å². The molecule has 4 aromatic carbocycles. The maximum absolute atomic E-state index is 13.4. The van der Waals surface area contributed by atoms with Crippen molar-refractivity contribution in [1.29, 1.82) is 0 Å². The molecule has 0 fully saturated rings. The molecule has 0 aromatic heterocycles. The molecule has 0 aliphatic carbocycles. The Bertz CT molecular complexity index is 1580. The van der Waals surface area contributed by atoms with Crippen molar-refractivity contribution in [3.8, 4) is 17.2 Å². The standard InChI is InChI=1S/C36H38N2O4/c1-4-7-20-38(21-8-5-2)26-18-19-29-32(22-26)41-33-24-34(40-6-3)31(37-25-14-10-9-11-15-25)23-30(33)36(29)28-17-13-12-16-27(28)35(39)42-36/h9-19,22-24,37H,4-8,20-21H2,1-3H3. The van der Waals surface area contributed by atoms with Crippen LogP contribution in [-0.2, 0) is 10.3 Å². The van der Waals surface area contributed by atoms with Gasteiger partial charge in [-0.1, -0.05) is 63.1 Å². The molecule has 0 saturated heterocycles. The number of nitrogens with one attached hydrogen (secondary N) is 1. The summed E-state index contributed by atoms with van der Waals surface area (Å²) < 4.78 is 19.2. The van der Waals surface area contributed by atoms with Gasteiger partial charge in [-0.2, -0.15) is 0 Å². The summed E-state index contributed by atoms with van der Waals surface area (Å²) in [7, 11) is 0. The maximum Gasteiger partial charge on any atom is 0.340 e. The number of esters is 1. The Kier molecular flexibility index (Phi) is 7.79. The summed E-state index contributed by atoms with van der Waals surface area (Å²) in [5.74, 6) is 1.63. The van der Waals surface area contributed by atoms with Gasteiger partial charge in [0.1, 0.15) is 17.2 Å². The Labute approximate surface area is 248 Å². The van der Waals surface area contributed by atoms with Crippen molar-refractivity contribution < 1.29 is 19.0 Å². The van der Waals surface area contributed by atoms with E-state index in [4.69, 9.17) is 14.2 Å². The number of anilines is 3. The van der Waals surface area contributed by atoms with Crippen LogP contribution in [0.5, 0.6) is 17.2 Å². The lowest BCUT2D eigenvalue weighted by atomic mass is 9.77. The lowest BCUT2D eigenvalue weighted by Crippen LogP contribution is -2.33. The van der Waals surface area contributed by atoms with Crippen LogP contribution < -0.4 is 19.7 Å². The van der Waals surface area contributed by atoms with Crippen molar-refractivity contribution in [1.82, 2.24) is 0 Å². The Morgan fingerprint density at radius 1 is 0.786 bits per heavy atom. The first-order valence-electron chi connectivity index (χ1n) is 15.1. The van der Waals surface area contributed by atoms with E-state index < -0.39 is 5.60 Å². The second kappa shape index (κ2) is 11.8. The Hall–Kier alpha value is -4.45. The molecule has 1 unspecified atom stereocenters. The zero-order valence-electron chi connectivity index (χ0n) is 24.6. The van der Waals surface area contributed by atoms with Crippen molar-refractivity contribution in [3.63, 3.8) is 0 Å². The summed E-state index contributed by atoms with van der Waals surface area (Å²) in [4.78, 5) is 15.8. The Balaban J connectivity index is 1.53. The first-order chi connectivity index (χ1) is 20.6. The molecule has 4 aromatic rings. The minimum absolute atomic E-state index is 0.340. The summed E-state index contributed by atoms with van der Waals surface area (Å²) in [5, 5.41) is 3.51. The predicted molar refractivity (Wildman–Crippen MR) is 168 cm³/mol. The molecule has 6 nitrogen and oxygen atoms in total. The lowest BCUT2D eigenvalue weighted by Gasteiger charge is -2.38. The van der Waals surface area contributed by atoms with E-state index in [9.17, 15) is 4.79 Å². The quantitative estimate of drug-likeness (QED) is 0.184. The SMILES string of the molecule is CCCCN(CCCC)c1ccc2c(c1)Oc1cc(OCC)c(Nc3ccccc3)cc1C21OC(=O)c2ccccc21. The molecule has 2 heterocycles. The molecule has 1 atom stereocenters. The maximum atomic E-state index is 13.4. The highest BCUT2D eigenvalue weighted by molar-refractivity contribution is 5.97. The first kappa shape index (κ1) is 27.7. The number of unbranched alkanes of at least 4 members (excludes halogenated alkanes) is 2. The van der Waals surface area contributed by atoms with Gasteiger partial charge in [0.2, 0.25) is 0 Å². The van der Waals surface area contributed by atoms with Crippen LogP contribution in [0.1, 0.15) is 73.5 Å². The third-order valence-electron chi connectivity index (χ3n) is 8.08. The predicted octanol–water partition coefficient (Wildman–Crippen LogP) is 8.80. The summed E-state index contributed by atoms with van der Waals surface area (Å²) in [5.41, 5.74) is 4.63. The number of fused-ring (bicyclic) bond motifs is 6. The van der Waals surface area contributed by atoms with Crippen molar-refractivity contribution >= 4 is 23.0 Å². The molecule has 6 heteroatoms. The van der Waals surface area contributed by atoms with Crippen LogP contribution in [0.15, 0.2) is 84.9 Å². The average molecular weight is 563 g/mol. The fourth-order valence-corrected chi connectivity index (χ4v) is 6.00. The molecule has 0 amide bonds. The van der Waals surface area contributed by atoms with Crippen LogP contribution in [0.3, 0.4) is 0 Å². The molecule has 0 radical (unpaired) electrons. The highest BCUT2D eigenvalue weighted by Crippen LogP contribution is 2.58. The minimum Gasteiger partial charge on any atom is -0.492 e. The van der Waals surface area contributed by atoms with Crippen LogP contribution in [0.4, 0.5) is 17.1 Å². The highest BCUT2D eigenvalue weighted by Gasteiger charge is 2.54. The van der Waals surface area contributed by atoms with Gasteiger partial charge in [-0.05, 0) is 56.2 Å². The van der Waals surface area contributed by atoms with Gasteiger partial charge in [0, 0.05) is 53.3 Å². The summed E-state index contributed by atoms with van der Waals surface area (Å²) >= 11 is 0. The number of carbonyl (C=O) groups excluding carboxylic acids is 1. The molecule has 42 heavy (non-hydrogen) atoms. The van der Waals surface area contributed by atoms with E-state index in [1.807, 2.05) is 73.7 Å². The van der Waals surface area contributed by atoms with Crippen molar-refractivity contribution in [2.24, 2.45) is 0 Å². The molecule has 216 valence electrons. The van der Waals surface area contributed by atoms with Crippen LogP contribution in [-0.4, -0.2) is 25.7 Å². The molecule has 0 bridgehead atoms. The van der Waals surface area contributed by atoms with Gasteiger partial charge in [-0.15, -0.1) is 0 Å². The number of para-hydroxylation sites is 1. The van der Waals surface area contributed by atoms with E-state index in [0.717, 1.165) is 72.5 Å². The van der Waals surface area contributed by atoms with Crippen LogP contribution in [0.2, 0.25) is 0 Å². The molecule has 2 aliphatic heterocycles. The van der Waals surface area contributed by atoms with Gasteiger partial charge in [-0.25, -0.2) is 4.79 Å². The van der Waals surface area contributed by atoms with Crippen LogP contribution >= 0.6 is 0 Å². The summed E-state index contributed by atoms with van der Waals surface area (Å²) in [6, 6.07) is 27.9. The monoisotopic (exact) mass is 562 g/mol. The van der Waals surface area contributed by atoms with E-state index >= 15 is 0 Å². The van der Waals surface area contributed by atoms with Crippen LogP contribution in [0, 0.1) is 0 Å². The molecular formula is C36H38N2O4. The Morgan fingerprint density at radius 3 is 2.24 bits per heavy atom. The molecular weight excluding hydrogens is 524 g/mol. The zero-order valence-corrected chi connectivity index (χ0v) is 24.6. The molecule has 2 aliphatic rings. The number of rotatable bonds is 11. The topological polar surface area (TPSA) is 60.0 Å². The fraction of sp³-hybridized carbons (Fsp3) is 0.306.